The molecule has 310 valence electrons. The van der Waals surface area contributed by atoms with Gasteiger partial charge in [-0.15, -0.1) is 0 Å². The predicted octanol–water partition coefficient (Wildman–Crippen LogP) is -1.23. The fraction of sp³-hybridized carbons (Fsp3) is 0.487. The normalized spacial score (nSPS) is 24.1. The molecule has 3 rings (SSSR count). The van der Waals surface area contributed by atoms with E-state index in [2.05, 4.69) is 37.2 Å². The molecule has 0 aliphatic carbocycles. The molecule has 10 N–H and O–H groups in total. The summed E-state index contributed by atoms with van der Waals surface area (Å²) >= 11 is 0. The van der Waals surface area contributed by atoms with E-state index in [1.807, 2.05) is 0 Å². The van der Waals surface area contributed by atoms with Crippen LogP contribution in [-0.4, -0.2) is 112 Å². The van der Waals surface area contributed by atoms with Crippen molar-refractivity contribution in [2.75, 3.05) is 6.54 Å². The summed E-state index contributed by atoms with van der Waals surface area (Å²) < 4.78 is 0. The van der Waals surface area contributed by atoms with Crippen molar-refractivity contribution in [3.05, 3.63) is 65.7 Å². The number of rotatable bonds is 10. The Kier molecular flexibility index (Phi) is 17.0. The second kappa shape index (κ2) is 21.3. The maximum Gasteiger partial charge on any atom is 0.305 e. The summed E-state index contributed by atoms with van der Waals surface area (Å²) in [6.07, 6.45) is -2.61. The van der Waals surface area contributed by atoms with Gasteiger partial charge < -0.3 is 52.5 Å². The van der Waals surface area contributed by atoms with Crippen LogP contribution in [0.4, 0.5) is 0 Å². The third-order valence-corrected chi connectivity index (χ3v) is 9.03. The number of carboxylic acid groups (broad SMARTS) is 1. The van der Waals surface area contributed by atoms with E-state index in [9.17, 15) is 53.7 Å². The Morgan fingerprint density at radius 1 is 0.614 bits per heavy atom. The molecule has 7 atom stereocenters. The van der Waals surface area contributed by atoms with Gasteiger partial charge in [0.15, 0.2) is 0 Å². The highest BCUT2D eigenvalue weighted by Gasteiger charge is 2.36. The first-order valence-corrected chi connectivity index (χ1v) is 18.6. The Hall–Kier alpha value is -6.04. The number of phenolic OH excluding ortho intramolecular Hbond substituents is 1. The van der Waals surface area contributed by atoms with Gasteiger partial charge >= 0.3 is 5.97 Å². The molecular formula is C39H53N7O11. The second-order valence-electron chi connectivity index (χ2n) is 14.8. The maximum atomic E-state index is 14.0. The number of amides is 7. The summed E-state index contributed by atoms with van der Waals surface area (Å²) in [6.45, 7) is 7.23. The topological polar surface area (TPSA) is 281 Å². The van der Waals surface area contributed by atoms with E-state index in [-0.39, 0.29) is 30.9 Å². The van der Waals surface area contributed by atoms with Crippen LogP contribution in [0.2, 0.25) is 0 Å². The molecule has 0 unspecified atom stereocenters. The highest BCUT2D eigenvalue weighted by atomic mass is 16.4. The van der Waals surface area contributed by atoms with E-state index >= 15 is 0 Å². The predicted molar refractivity (Wildman–Crippen MR) is 205 cm³/mol. The molecule has 18 nitrogen and oxygen atoms in total. The third-order valence-electron chi connectivity index (χ3n) is 9.03. The molecule has 1 aliphatic heterocycles. The molecule has 2 aromatic rings. The average molecular weight is 796 g/mol. The molecule has 1 fully saturated rings. The molecule has 0 bridgehead atoms. The van der Waals surface area contributed by atoms with Crippen LogP contribution in [-0.2, 0) is 51.2 Å². The quantitative estimate of drug-likeness (QED) is 0.136. The van der Waals surface area contributed by atoms with E-state index < -0.39 is 109 Å². The zero-order chi connectivity index (χ0) is 42.4. The number of carbonyl (C=O) groups excluding carboxylic acids is 7. The van der Waals surface area contributed by atoms with Crippen LogP contribution in [0.3, 0.4) is 0 Å². The average Bonchev–Trinajstić information content (AvgIpc) is 3.13. The minimum atomic E-state index is -1.68. The maximum absolute atomic E-state index is 14.0. The number of benzene rings is 2. The van der Waals surface area contributed by atoms with Crippen molar-refractivity contribution in [2.45, 2.75) is 103 Å². The van der Waals surface area contributed by atoms with E-state index in [0.717, 1.165) is 0 Å². The van der Waals surface area contributed by atoms with Crippen LogP contribution in [0.5, 0.6) is 5.75 Å². The van der Waals surface area contributed by atoms with Gasteiger partial charge in [0.2, 0.25) is 41.4 Å². The van der Waals surface area contributed by atoms with Gasteiger partial charge in [-0.1, -0.05) is 70.2 Å². The zero-order valence-electron chi connectivity index (χ0n) is 32.5. The first-order valence-electron chi connectivity index (χ1n) is 18.6. The third kappa shape index (κ3) is 14.5. The molecule has 1 heterocycles. The molecule has 0 spiro atoms. The first kappa shape index (κ1) is 45.4. The first-order chi connectivity index (χ1) is 26.8. The van der Waals surface area contributed by atoms with Crippen LogP contribution < -0.4 is 37.2 Å². The molecular weight excluding hydrogens is 742 g/mol. The summed E-state index contributed by atoms with van der Waals surface area (Å²) in [6, 6.07) is 5.60. The van der Waals surface area contributed by atoms with Crippen LogP contribution in [0.15, 0.2) is 54.6 Å². The SMILES string of the molecule is CC(C)C[C@@H]1NC(=O)[C@H](CC(=O)O)NC(=O)CNC(=O)[C@H](Cc2ccccc2)NC(=O)[C@H](Cc2ccc(O)cc2)NC(=O)[C@H]([C@@H](C)O)NC(=O)[C@H](C(C)C)NC1=O. The highest BCUT2D eigenvalue weighted by Crippen LogP contribution is 2.14. The molecule has 0 saturated carbocycles. The Bertz CT molecular complexity index is 1750. The largest absolute Gasteiger partial charge is 0.508 e. The van der Waals surface area contributed by atoms with Crippen molar-refractivity contribution in [3.63, 3.8) is 0 Å². The summed E-state index contributed by atoms with van der Waals surface area (Å²) in [5, 5.41) is 47.5. The number of aliphatic hydroxyl groups excluding tert-OH is 1. The number of carboxylic acids is 1. The molecule has 7 amide bonds. The smallest absolute Gasteiger partial charge is 0.305 e. The molecule has 0 aromatic heterocycles. The van der Waals surface area contributed by atoms with Crippen LogP contribution >= 0.6 is 0 Å². The lowest BCUT2D eigenvalue weighted by molar-refractivity contribution is -0.141. The monoisotopic (exact) mass is 795 g/mol. The standard InChI is InChI=1S/C39H53N7O11/c1-20(2)15-26-37(55)45-32(21(3)4)38(56)46-33(22(5)47)39(57)44-28(17-24-11-13-25(48)14-12-24)35(53)43-27(16-23-9-7-6-8-10-23)34(52)40-19-30(49)41-29(18-31(50)51)36(54)42-26/h6-14,20-22,26-29,32-33,47-48H,15-19H2,1-5H3,(H,40,52)(H,41,49)(H,42,54)(H,43,53)(H,44,57)(H,45,55)(H,46,56)(H,50,51)/t22-,26+,27+,28+,29+,32+,33+/m1/s1. The number of hydrogen-bond donors (Lipinski definition) is 10. The van der Waals surface area contributed by atoms with Crippen molar-refractivity contribution in [3.8, 4) is 5.75 Å². The number of aliphatic carboxylic acids is 1. The Balaban J connectivity index is 2.11. The minimum absolute atomic E-state index is 0.0404. The number of hydrogen-bond acceptors (Lipinski definition) is 10. The summed E-state index contributed by atoms with van der Waals surface area (Å²) in [7, 11) is 0. The second-order valence-corrected chi connectivity index (χ2v) is 14.8. The number of aliphatic hydroxyl groups is 1. The van der Waals surface area contributed by atoms with E-state index in [1.54, 1.807) is 58.0 Å². The molecule has 2 aromatic carbocycles. The lowest BCUT2D eigenvalue weighted by atomic mass is 9.98. The molecule has 57 heavy (non-hydrogen) atoms. The van der Waals surface area contributed by atoms with Crippen LogP contribution in [0.1, 0.15) is 58.6 Å². The summed E-state index contributed by atoms with van der Waals surface area (Å²) in [5.74, 6) is -8.65. The number of phenols is 1. The van der Waals surface area contributed by atoms with Gasteiger partial charge in [0.25, 0.3) is 0 Å². The number of nitrogens with one attached hydrogen (secondary N) is 7. The van der Waals surface area contributed by atoms with Gasteiger partial charge in [0.1, 0.15) is 42.0 Å². The van der Waals surface area contributed by atoms with E-state index in [1.165, 1.54) is 31.2 Å². The number of carbonyl (C=O) groups is 8. The minimum Gasteiger partial charge on any atom is -0.508 e. The van der Waals surface area contributed by atoms with Gasteiger partial charge in [-0.05, 0) is 48.4 Å². The fourth-order valence-corrected chi connectivity index (χ4v) is 6.00. The van der Waals surface area contributed by atoms with Crippen molar-refractivity contribution in [1.82, 2.24) is 37.2 Å². The molecule has 1 aliphatic rings. The Morgan fingerprint density at radius 2 is 1.11 bits per heavy atom. The van der Waals surface area contributed by atoms with E-state index in [4.69, 9.17) is 0 Å². The van der Waals surface area contributed by atoms with Crippen LogP contribution in [0, 0.1) is 11.8 Å². The van der Waals surface area contributed by atoms with Gasteiger partial charge in [-0.3, -0.25) is 38.4 Å². The number of aromatic hydroxyl groups is 1. The Morgan fingerprint density at radius 3 is 1.67 bits per heavy atom. The summed E-state index contributed by atoms with van der Waals surface area (Å²) in [5.41, 5.74) is 1.09. The van der Waals surface area contributed by atoms with Gasteiger partial charge in [-0.2, -0.15) is 0 Å². The zero-order valence-corrected chi connectivity index (χ0v) is 32.5. The highest BCUT2D eigenvalue weighted by molar-refractivity contribution is 5.98. The van der Waals surface area contributed by atoms with Crippen molar-refractivity contribution in [1.29, 1.82) is 0 Å². The molecule has 1 saturated heterocycles. The lowest BCUT2D eigenvalue weighted by Gasteiger charge is -2.30. The lowest BCUT2D eigenvalue weighted by Crippen LogP contribution is -2.62. The Labute approximate surface area is 330 Å². The fourth-order valence-electron chi connectivity index (χ4n) is 6.00. The van der Waals surface area contributed by atoms with Crippen molar-refractivity contribution >= 4 is 47.3 Å². The van der Waals surface area contributed by atoms with Crippen molar-refractivity contribution < 1.29 is 53.7 Å². The van der Waals surface area contributed by atoms with Crippen LogP contribution in [0.25, 0.3) is 0 Å². The van der Waals surface area contributed by atoms with Gasteiger partial charge in [-0.25, -0.2) is 0 Å². The van der Waals surface area contributed by atoms with Gasteiger partial charge in [0.05, 0.1) is 19.1 Å². The van der Waals surface area contributed by atoms with Crippen molar-refractivity contribution in [2.24, 2.45) is 11.8 Å². The molecule has 0 radical (unpaired) electrons. The van der Waals surface area contributed by atoms with E-state index in [0.29, 0.717) is 11.1 Å². The summed E-state index contributed by atoms with van der Waals surface area (Å²) in [4.78, 5) is 107. The van der Waals surface area contributed by atoms with Gasteiger partial charge in [0, 0.05) is 12.8 Å². The molecule has 18 heteroatoms.